The molecule has 2 aromatic rings. The number of amides is 1. The SMILES string of the molecule is O=C(c1cc(C(F)(F)F)[nH]n1)N(CCC1CCC2(CC1)OCCO2)Cc1ccccc1F. The first-order valence-electron chi connectivity index (χ1n) is 10.7. The van der Waals surface area contributed by atoms with Gasteiger partial charge in [-0.3, -0.25) is 9.89 Å². The summed E-state index contributed by atoms with van der Waals surface area (Å²) in [7, 11) is 0. The fraction of sp³-hybridized carbons (Fsp3) is 0.545. The van der Waals surface area contributed by atoms with Gasteiger partial charge in [-0.15, -0.1) is 0 Å². The number of nitrogens with one attached hydrogen (secondary N) is 1. The minimum atomic E-state index is -4.63. The number of carbonyl (C=O) groups excluding carboxylic acids is 1. The average Bonchev–Trinajstić information content (AvgIpc) is 3.43. The Morgan fingerprint density at radius 3 is 2.50 bits per heavy atom. The van der Waals surface area contributed by atoms with Crippen molar-refractivity contribution in [2.24, 2.45) is 5.92 Å². The van der Waals surface area contributed by atoms with Crippen LogP contribution in [0.25, 0.3) is 0 Å². The van der Waals surface area contributed by atoms with Crippen molar-refractivity contribution in [3.8, 4) is 0 Å². The number of hydrogen-bond acceptors (Lipinski definition) is 4. The van der Waals surface area contributed by atoms with Crippen LogP contribution in [0.4, 0.5) is 17.6 Å². The predicted octanol–water partition coefficient (Wildman–Crippen LogP) is 4.53. The van der Waals surface area contributed by atoms with Crippen LogP contribution in [-0.4, -0.2) is 46.6 Å². The molecule has 174 valence electrons. The Kier molecular flexibility index (Phi) is 6.52. The van der Waals surface area contributed by atoms with E-state index in [1.165, 1.54) is 11.0 Å². The first-order chi connectivity index (χ1) is 15.3. The van der Waals surface area contributed by atoms with Crippen molar-refractivity contribution in [3.05, 3.63) is 53.1 Å². The van der Waals surface area contributed by atoms with Gasteiger partial charge in [0.15, 0.2) is 11.5 Å². The van der Waals surface area contributed by atoms with Gasteiger partial charge >= 0.3 is 6.18 Å². The number of halogens is 4. The summed E-state index contributed by atoms with van der Waals surface area (Å²) in [5.41, 5.74) is -1.15. The minimum absolute atomic E-state index is 0.0530. The molecule has 1 saturated carbocycles. The van der Waals surface area contributed by atoms with E-state index in [-0.39, 0.29) is 18.8 Å². The Morgan fingerprint density at radius 2 is 1.88 bits per heavy atom. The number of hydrogen-bond donors (Lipinski definition) is 1. The van der Waals surface area contributed by atoms with E-state index in [0.717, 1.165) is 25.7 Å². The van der Waals surface area contributed by atoms with Gasteiger partial charge in [0.25, 0.3) is 5.91 Å². The predicted molar refractivity (Wildman–Crippen MR) is 106 cm³/mol. The van der Waals surface area contributed by atoms with Gasteiger partial charge in [0.1, 0.15) is 11.5 Å². The maximum atomic E-state index is 14.2. The highest BCUT2D eigenvalue weighted by atomic mass is 19.4. The molecule has 1 spiro atoms. The highest BCUT2D eigenvalue weighted by Crippen LogP contribution is 2.39. The quantitative estimate of drug-likeness (QED) is 0.650. The van der Waals surface area contributed by atoms with Gasteiger partial charge in [-0.2, -0.15) is 18.3 Å². The van der Waals surface area contributed by atoms with E-state index in [0.29, 0.717) is 37.2 Å². The summed E-state index contributed by atoms with van der Waals surface area (Å²) < 4.78 is 64.4. The van der Waals surface area contributed by atoms with E-state index in [4.69, 9.17) is 9.47 Å². The van der Waals surface area contributed by atoms with E-state index in [1.807, 2.05) is 5.10 Å². The number of aromatic amines is 1. The van der Waals surface area contributed by atoms with Gasteiger partial charge in [0.05, 0.1) is 13.2 Å². The van der Waals surface area contributed by atoms with Crippen molar-refractivity contribution < 1.29 is 31.8 Å². The minimum Gasteiger partial charge on any atom is -0.348 e. The molecule has 1 aromatic heterocycles. The Bertz CT molecular complexity index is 930. The summed E-state index contributed by atoms with van der Waals surface area (Å²) in [6, 6.07) is 6.73. The topological polar surface area (TPSA) is 67.5 Å². The average molecular weight is 455 g/mol. The summed E-state index contributed by atoms with van der Waals surface area (Å²) >= 11 is 0. The van der Waals surface area contributed by atoms with E-state index < -0.39 is 29.4 Å². The maximum absolute atomic E-state index is 14.2. The molecule has 2 heterocycles. The molecule has 0 radical (unpaired) electrons. The zero-order valence-corrected chi connectivity index (χ0v) is 17.5. The van der Waals surface area contributed by atoms with Crippen molar-refractivity contribution in [3.63, 3.8) is 0 Å². The molecule has 6 nitrogen and oxygen atoms in total. The van der Waals surface area contributed by atoms with Gasteiger partial charge in [-0.25, -0.2) is 4.39 Å². The highest BCUT2D eigenvalue weighted by Gasteiger charge is 2.40. The van der Waals surface area contributed by atoms with Gasteiger partial charge in [-0.05, 0) is 31.2 Å². The van der Waals surface area contributed by atoms with Crippen molar-refractivity contribution >= 4 is 5.91 Å². The van der Waals surface area contributed by atoms with Crippen LogP contribution in [0, 0.1) is 11.7 Å². The molecule has 1 aromatic carbocycles. The Labute approximate surface area is 182 Å². The standard InChI is InChI=1S/C22H25F4N3O3/c23-17-4-2-1-3-16(17)14-29(20(30)18-13-19(28-27-18)22(24,25)26)10-7-15-5-8-21(9-6-15)31-11-12-32-21/h1-4,13,15H,5-12,14H2,(H,27,28). The van der Waals surface area contributed by atoms with Crippen LogP contribution in [0.3, 0.4) is 0 Å². The third kappa shape index (κ3) is 5.12. The lowest BCUT2D eigenvalue weighted by atomic mass is 9.83. The molecule has 0 bridgehead atoms. The summed E-state index contributed by atoms with van der Waals surface area (Å²) in [5.74, 6) is -1.31. The van der Waals surface area contributed by atoms with Crippen LogP contribution >= 0.6 is 0 Å². The second kappa shape index (κ2) is 9.19. The Morgan fingerprint density at radius 1 is 1.19 bits per heavy atom. The molecule has 2 fully saturated rings. The van der Waals surface area contributed by atoms with Gasteiger partial charge in [0, 0.05) is 37.6 Å². The zero-order chi connectivity index (χ0) is 22.8. The van der Waals surface area contributed by atoms with E-state index in [2.05, 4.69) is 5.10 Å². The van der Waals surface area contributed by atoms with Crippen molar-refractivity contribution in [1.82, 2.24) is 15.1 Å². The number of rotatable bonds is 6. The lowest BCUT2D eigenvalue weighted by molar-refractivity contribution is -0.182. The third-order valence-corrected chi connectivity index (χ3v) is 6.20. The van der Waals surface area contributed by atoms with Crippen molar-refractivity contribution in [2.45, 2.75) is 50.6 Å². The van der Waals surface area contributed by atoms with Crippen molar-refractivity contribution in [2.75, 3.05) is 19.8 Å². The molecule has 1 amide bonds. The molecule has 10 heteroatoms. The fourth-order valence-corrected chi connectivity index (χ4v) is 4.35. The van der Waals surface area contributed by atoms with Crippen LogP contribution in [0.2, 0.25) is 0 Å². The first kappa shape index (κ1) is 22.7. The zero-order valence-electron chi connectivity index (χ0n) is 17.5. The summed E-state index contributed by atoms with van der Waals surface area (Å²) in [4.78, 5) is 14.4. The van der Waals surface area contributed by atoms with Crippen LogP contribution in [0.5, 0.6) is 0 Å². The number of nitrogens with zero attached hydrogens (tertiary/aromatic N) is 2. The molecule has 1 N–H and O–H groups in total. The van der Waals surface area contributed by atoms with Crippen LogP contribution < -0.4 is 0 Å². The van der Waals surface area contributed by atoms with Crippen LogP contribution in [-0.2, 0) is 22.2 Å². The Hall–Kier alpha value is -2.46. The normalized spacial score (nSPS) is 18.9. The fourth-order valence-electron chi connectivity index (χ4n) is 4.35. The molecule has 0 unspecified atom stereocenters. The number of ether oxygens (including phenoxy) is 2. The van der Waals surface area contributed by atoms with E-state index in [9.17, 15) is 22.4 Å². The third-order valence-electron chi connectivity index (χ3n) is 6.20. The number of aromatic nitrogens is 2. The molecule has 2 aliphatic rings. The molecule has 4 rings (SSSR count). The smallest absolute Gasteiger partial charge is 0.348 e. The van der Waals surface area contributed by atoms with Crippen LogP contribution in [0.15, 0.2) is 30.3 Å². The van der Waals surface area contributed by atoms with Gasteiger partial charge < -0.3 is 14.4 Å². The number of alkyl halides is 3. The first-order valence-corrected chi connectivity index (χ1v) is 10.7. The van der Waals surface area contributed by atoms with E-state index in [1.54, 1.807) is 18.2 Å². The maximum Gasteiger partial charge on any atom is 0.432 e. The molecule has 1 aliphatic heterocycles. The lowest BCUT2D eigenvalue weighted by Gasteiger charge is -2.36. The summed E-state index contributed by atoms with van der Waals surface area (Å²) in [6.07, 6.45) is -0.720. The van der Waals surface area contributed by atoms with Crippen molar-refractivity contribution in [1.29, 1.82) is 0 Å². The lowest BCUT2D eigenvalue weighted by Crippen LogP contribution is -2.37. The second-order valence-corrected chi connectivity index (χ2v) is 8.32. The van der Waals surface area contributed by atoms with E-state index >= 15 is 0 Å². The van der Waals surface area contributed by atoms with Crippen LogP contribution in [0.1, 0.15) is 53.8 Å². The molecule has 1 saturated heterocycles. The summed E-state index contributed by atoms with van der Waals surface area (Å²) in [5, 5.41) is 5.41. The highest BCUT2D eigenvalue weighted by molar-refractivity contribution is 5.92. The molecular weight excluding hydrogens is 430 g/mol. The number of benzene rings is 1. The second-order valence-electron chi connectivity index (χ2n) is 8.32. The Balaban J connectivity index is 1.44. The molecular formula is C22H25F4N3O3. The van der Waals surface area contributed by atoms with Gasteiger partial charge in [-0.1, -0.05) is 18.2 Å². The molecule has 32 heavy (non-hydrogen) atoms. The van der Waals surface area contributed by atoms with Gasteiger partial charge in [0.2, 0.25) is 0 Å². The molecule has 1 aliphatic carbocycles. The largest absolute Gasteiger partial charge is 0.432 e. The monoisotopic (exact) mass is 455 g/mol. The number of carbonyl (C=O) groups is 1. The molecule has 0 atom stereocenters. The summed E-state index contributed by atoms with van der Waals surface area (Å²) in [6.45, 7) is 1.42. The number of H-pyrrole nitrogens is 1.